The Kier molecular flexibility index (Phi) is 6.15. The molecular formula is C15H16F3NO3. The highest BCUT2D eigenvalue weighted by molar-refractivity contribution is 5.81. The molecule has 0 aliphatic carbocycles. The van der Waals surface area contributed by atoms with Crippen molar-refractivity contribution >= 4 is 11.9 Å². The van der Waals surface area contributed by atoms with E-state index in [1.54, 1.807) is 0 Å². The largest absolute Gasteiger partial charge is 0.480 e. The van der Waals surface area contributed by atoms with E-state index >= 15 is 0 Å². The zero-order valence-corrected chi connectivity index (χ0v) is 11.8. The summed E-state index contributed by atoms with van der Waals surface area (Å²) in [6.45, 7) is 2.92. The van der Waals surface area contributed by atoms with Crippen molar-refractivity contribution in [3.05, 3.63) is 48.0 Å². The van der Waals surface area contributed by atoms with Crippen LogP contribution >= 0.6 is 0 Å². The minimum absolute atomic E-state index is 0.0551. The molecule has 1 aromatic carbocycles. The lowest BCUT2D eigenvalue weighted by Gasteiger charge is -2.21. The van der Waals surface area contributed by atoms with E-state index in [0.29, 0.717) is 12.0 Å². The van der Waals surface area contributed by atoms with Crippen molar-refractivity contribution in [3.8, 4) is 0 Å². The summed E-state index contributed by atoms with van der Waals surface area (Å²) in [5.41, 5.74) is -0.361. The summed E-state index contributed by atoms with van der Waals surface area (Å²) in [5, 5.41) is 8.82. The number of nitrogens with zero attached hydrogens (tertiary/aromatic N) is 1. The number of hydrogen-bond donors (Lipinski definition) is 1. The van der Waals surface area contributed by atoms with Gasteiger partial charge < -0.3 is 10.0 Å². The van der Waals surface area contributed by atoms with E-state index in [2.05, 4.69) is 6.58 Å². The average Bonchev–Trinajstić information content (AvgIpc) is 2.43. The number of carbonyl (C=O) groups excluding carboxylic acids is 1. The molecule has 0 bridgehead atoms. The third-order valence-electron chi connectivity index (χ3n) is 2.90. The Morgan fingerprint density at radius 2 is 1.82 bits per heavy atom. The Balaban J connectivity index is 2.82. The van der Waals surface area contributed by atoms with E-state index in [4.69, 9.17) is 5.11 Å². The quantitative estimate of drug-likeness (QED) is 0.787. The molecule has 0 saturated carbocycles. The summed E-state index contributed by atoms with van der Waals surface area (Å²) in [6, 6.07) is 4.28. The lowest BCUT2D eigenvalue weighted by Crippen LogP contribution is -2.35. The Hall–Kier alpha value is -2.31. The van der Waals surface area contributed by atoms with Crippen LogP contribution in [-0.2, 0) is 22.3 Å². The molecule has 1 rings (SSSR count). The van der Waals surface area contributed by atoms with Gasteiger partial charge in [-0.1, -0.05) is 18.2 Å². The summed E-state index contributed by atoms with van der Waals surface area (Å²) >= 11 is 0. The highest BCUT2D eigenvalue weighted by Crippen LogP contribution is 2.29. The molecule has 1 aromatic rings. The van der Waals surface area contributed by atoms with Crippen LogP contribution in [0.5, 0.6) is 0 Å². The number of alkyl halides is 3. The topological polar surface area (TPSA) is 57.6 Å². The fraction of sp³-hybridized carbons (Fsp3) is 0.333. The fourth-order valence-corrected chi connectivity index (χ4v) is 1.80. The number of rotatable bonds is 7. The van der Waals surface area contributed by atoms with Gasteiger partial charge in [0, 0.05) is 13.0 Å². The van der Waals surface area contributed by atoms with Crippen molar-refractivity contribution in [2.24, 2.45) is 0 Å². The van der Waals surface area contributed by atoms with Crippen LogP contribution in [0.15, 0.2) is 36.9 Å². The van der Waals surface area contributed by atoms with E-state index in [9.17, 15) is 22.8 Å². The van der Waals surface area contributed by atoms with Gasteiger partial charge in [-0.15, -0.1) is 6.58 Å². The van der Waals surface area contributed by atoms with E-state index in [1.165, 1.54) is 18.2 Å². The van der Waals surface area contributed by atoms with Crippen molar-refractivity contribution in [2.45, 2.75) is 25.6 Å². The maximum absolute atomic E-state index is 12.5. The molecule has 0 aliphatic heterocycles. The molecule has 0 atom stereocenters. The van der Waals surface area contributed by atoms with Crippen LogP contribution in [0.3, 0.4) is 0 Å². The normalized spacial score (nSPS) is 11.0. The van der Waals surface area contributed by atoms with Gasteiger partial charge in [-0.05, 0) is 24.1 Å². The third kappa shape index (κ3) is 5.59. The van der Waals surface area contributed by atoms with Crippen molar-refractivity contribution < 1.29 is 27.9 Å². The number of carboxylic acid groups (broad SMARTS) is 1. The van der Waals surface area contributed by atoms with Crippen molar-refractivity contribution in [2.75, 3.05) is 6.54 Å². The lowest BCUT2D eigenvalue weighted by atomic mass is 10.1. The average molecular weight is 315 g/mol. The van der Waals surface area contributed by atoms with Gasteiger partial charge in [-0.25, -0.2) is 0 Å². The van der Waals surface area contributed by atoms with Gasteiger partial charge >= 0.3 is 12.1 Å². The molecule has 0 fully saturated rings. The maximum Gasteiger partial charge on any atom is 0.416 e. The van der Waals surface area contributed by atoms with E-state index in [1.807, 2.05) is 0 Å². The lowest BCUT2D eigenvalue weighted by molar-refractivity contribution is -0.144. The Morgan fingerprint density at radius 1 is 1.23 bits per heavy atom. The fourth-order valence-electron chi connectivity index (χ4n) is 1.80. The first-order valence-corrected chi connectivity index (χ1v) is 6.50. The second-order valence-electron chi connectivity index (χ2n) is 4.67. The highest BCUT2D eigenvalue weighted by Gasteiger charge is 2.30. The van der Waals surface area contributed by atoms with Crippen molar-refractivity contribution in [1.82, 2.24) is 4.90 Å². The molecule has 0 heterocycles. The van der Waals surface area contributed by atoms with E-state index in [-0.39, 0.29) is 18.9 Å². The van der Waals surface area contributed by atoms with Crippen molar-refractivity contribution in [3.63, 3.8) is 0 Å². The number of carbonyl (C=O) groups is 2. The summed E-state index contributed by atoms with van der Waals surface area (Å²) < 4.78 is 37.4. The molecule has 4 nitrogen and oxygen atoms in total. The second kappa shape index (κ2) is 7.63. The Bertz CT molecular complexity index is 538. The van der Waals surface area contributed by atoms with Crippen LogP contribution in [0.25, 0.3) is 0 Å². The Morgan fingerprint density at radius 3 is 2.27 bits per heavy atom. The predicted octanol–water partition coefficient (Wildman–Crippen LogP) is 3.08. The third-order valence-corrected chi connectivity index (χ3v) is 2.90. The smallest absolute Gasteiger partial charge is 0.416 e. The van der Waals surface area contributed by atoms with Gasteiger partial charge in [0.05, 0.1) is 5.56 Å². The molecule has 0 aliphatic rings. The van der Waals surface area contributed by atoms with Gasteiger partial charge in [0.2, 0.25) is 5.91 Å². The van der Waals surface area contributed by atoms with Gasteiger partial charge in [-0.2, -0.15) is 13.2 Å². The first kappa shape index (κ1) is 17.7. The molecule has 1 N–H and O–H groups in total. The minimum atomic E-state index is -4.43. The molecule has 0 aromatic heterocycles. The number of amides is 1. The zero-order valence-electron chi connectivity index (χ0n) is 11.8. The maximum atomic E-state index is 12.5. The van der Waals surface area contributed by atoms with Crippen LogP contribution in [0.2, 0.25) is 0 Å². The van der Waals surface area contributed by atoms with Crippen molar-refractivity contribution in [1.29, 1.82) is 0 Å². The predicted molar refractivity (Wildman–Crippen MR) is 73.9 cm³/mol. The minimum Gasteiger partial charge on any atom is -0.480 e. The molecule has 22 heavy (non-hydrogen) atoms. The number of hydrogen-bond acceptors (Lipinski definition) is 2. The van der Waals surface area contributed by atoms with Gasteiger partial charge in [0.15, 0.2) is 0 Å². The van der Waals surface area contributed by atoms with Crippen LogP contribution in [0.1, 0.15) is 24.0 Å². The van der Waals surface area contributed by atoms with Crippen LogP contribution in [0.4, 0.5) is 13.2 Å². The summed E-state index contributed by atoms with van der Waals surface area (Å²) in [7, 11) is 0. The van der Waals surface area contributed by atoms with Crippen LogP contribution < -0.4 is 0 Å². The summed E-state index contributed by atoms with van der Waals surface area (Å²) in [4.78, 5) is 23.8. The number of aliphatic carboxylic acids is 1. The SMILES string of the molecule is C=CCCC(=O)N(CC(=O)O)Cc1ccc(C(F)(F)F)cc1. The number of benzene rings is 1. The number of allylic oxidation sites excluding steroid dienone is 1. The zero-order chi connectivity index (χ0) is 16.8. The molecule has 0 unspecified atom stereocenters. The van der Waals surface area contributed by atoms with Gasteiger partial charge in [-0.3, -0.25) is 9.59 Å². The molecular weight excluding hydrogens is 299 g/mol. The highest BCUT2D eigenvalue weighted by atomic mass is 19.4. The summed E-state index contributed by atoms with van der Waals surface area (Å²) in [6.07, 6.45) is -2.38. The number of carboxylic acids is 1. The first-order chi connectivity index (χ1) is 10.2. The molecule has 7 heteroatoms. The molecule has 0 saturated heterocycles. The van der Waals surface area contributed by atoms with Crippen LogP contribution in [-0.4, -0.2) is 28.4 Å². The second-order valence-corrected chi connectivity index (χ2v) is 4.67. The standard InChI is InChI=1S/C15H16F3NO3/c1-2-3-4-13(20)19(10-14(21)22)9-11-5-7-12(8-6-11)15(16,17)18/h2,5-8H,1,3-4,9-10H2,(H,21,22). The van der Waals surface area contributed by atoms with E-state index < -0.39 is 24.3 Å². The summed E-state index contributed by atoms with van der Waals surface area (Å²) in [5.74, 6) is -1.57. The molecule has 0 spiro atoms. The molecule has 120 valence electrons. The van der Waals surface area contributed by atoms with E-state index in [0.717, 1.165) is 17.0 Å². The Labute approximate surface area is 125 Å². The molecule has 1 amide bonds. The first-order valence-electron chi connectivity index (χ1n) is 6.50. The van der Waals surface area contributed by atoms with Gasteiger partial charge in [0.1, 0.15) is 6.54 Å². The monoisotopic (exact) mass is 315 g/mol. The van der Waals surface area contributed by atoms with Crippen LogP contribution in [0, 0.1) is 0 Å². The molecule has 0 radical (unpaired) electrons. The number of halogens is 3. The van der Waals surface area contributed by atoms with Gasteiger partial charge in [0.25, 0.3) is 0 Å².